The summed E-state index contributed by atoms with van der Waals surface area (Å²) in [4.78, 5) is 27.6. The first-order valence-corrected chi connectivity index (χ1v) is 10.2. The fraction of sp³-hybridized carbons (Fsp3) is 0.526. The minimum absolute atomic E-state index is 0.142. The van der Waals surface area contributed by atoms with E-state index in [1.54, 1.807) is 4.90 Å². The number of carbonyl (C=O) groups excluding carboxylic acids is 2. The van der Waals surface area contributed by atoms with E-state index in [4.69, 9.17) is 14.2 Å². The highest BCUT2D eigenvalue weighted by atomic mass is 79.9. The molecular formula is C19H23BrN4O5. The number of hydrogen-bond acceptors (Lipinski definition) is 7. The fourth-order valence-electron chi connectivity index (χ4n) is 3.29. The molecule has 1 aromatic rings. The van der Waals surface area contributed by atoms with E-state index in [1.807, 2.05) is 44.7 Å². The van der Waals surface area contributed by atoms with Crippen molar-refractivity contribution < 1.29 is 23.8 Å². The van der Waals surface area contributed by atoms with Crippen molar-refractivity contribution in [2.75, 3.05) is 24.6 Å². The van der Waals surface area contributed by atoms with Crippen LogP contribution in [0, 0.1) is 0 Å². The molecule has 1 unspecified atom stereocenters. The van der Waals surface area contributed by atoms with E-state index in [-0.39, 0.29) is 24.7 Å². The molecule has 0 spiro atoms. The molecule has 0 aliphatic carbocycles. The zero-order valence-electron chi connectivity index (χ0n) is 16.7. The van der Waals surface area contributed by atoms with Crippen molar-refractivity contribution in [1.29, 1.82) is 0 Å². The van der Waals surface area contributed by atoms with Gasteiger partial charge in [0, 0.05) is 12.1 Å². The number of nitrogens with one attached hydrogen (secondary N) is 1. The highest BCUT2D eigenvalue weighted by Crippen LogP contribution is 2.42. The largest absolute Gasteiger partial charge is 0.485 e. The van der Waals surface area contributed by atoms with Gasteiger partial charge in [-0.3, -0.25) is 4.79 Å². The molecule has 3 heterocycles. The lowest BCUT2D eigenvalue weighted by molar-refractivity contribution is -0.122. The Balaban J connectivity index is 1.48. The van der Waals surface area contributed by atoms with Crippen LogP contribution < -0.4 is 19.8 Å². The summed E-state index contributed by atoms with van der Waals surface area (Å²) in [5.74, 6) is 1.71. The topological polar surface area (TPSA) is 92.7 Å². The Morgan fingerprint density at radius 1 is 1.34 bits per heavy atom. The van der Waals surface area contributed by atoms with Crippen molar-refractivity contribution in [2.45, 2.75) is 45.4 Å². The Bertz CT molecular complexity index is 891. The first-order chi connectivity index (χ1) is 13.6. The van der Waals surface area contributed by atoms with Crippen molar-refractivity contribution in [3.63, 3.8) is 0 Å². The van der Waals surface area contributed by atoms with Crippen LogP contribution in [0.1, 0.15) is 27.7 Å². The average Bonchev–Trinajstić information content (AvgIpc) is 2.59. The van der Waals surface area contributed by atoms with Crippen LogP contribution in [0.2, 0.25) is 0 Å². The summed E-state index contributed by atoms with van der Waals surface area (Å²) in [5, 5.41) is 4.09. The molecule has 1 aromatic carbocycles. The number of amides is 2. The molecule has 0 radical (unpaired) electrons. The van der Waals surface area contributed by atoms with Crippen LogP contribution in [-0.2, 0) is 9.53 Å². The Hall–Kier alpha value is -2.49. The maximum absolute atomic E-state index is 12.1. The minimum Gasteiger partial charge on any atom is -0.485 e. The monoisotopic (exact) mass is 466 g/mol. The zero-order valence-corrected chi connectivity index (χ0v) is 18.3. The van der Waals surface area contributed by atoms with Gasteiger partial charge in [0.05, 0.1) is 23.2 Å². The highest BCUT2D eigenvalue weighted by Gasteiger charge is 2.38. The minimum atomic E-state index is -0.527. The number of nitrogens with zero attached hydrogens (tertiary/aromatic N) is 3. The van der Waals surface area contributed by atoms with Gasteiger partial charge in [-0.25, -0.2) is 10.2 Å². The van der Waals surface area contributed by atoms with Gasteiger partial charge in [0.2, 0.25) is 0 Å². The van der Waals surface area contributed by atoms with E-state index in [0.717, 1.165) is 10.2 Å². The Kier molecular flexibility index (Phi) is 4.84. The van der Waals surface area contributed by atoms with Gasteiger partial charge in [0.25, 0.3) is 5.91 Å². The molecular weight excluding hydrogens is 444 g/mol. The van der Waals surface area contributed by atoms with Crippen molar-refractivity contribution in [2.24, 2.45) is 5.10 Å². The van der Waals surface area contributed by atoms with E-state index >= 15 is 0 Å². The van der Waals surface area contributed by atoms with E-state index < -0.39 is 11.6 Å². The number of halogens is 1. The maximum atomic E-state index is 12.1. The van der Waals surface area contributed by atoms with Gasteiger partial charge < -0.3 is 24.0 Å². The molecule has 1 fully saturated rings. The third-order valence-corrected chi connectivity index (χ3v) is 5.38. The molecule has 0 bridgehead atoms. The molecule has 0 aromatic heterocycles. The maximum Gasteiger partial charge on any atom is 0.410 e. The van der Waals surface area contributed by atoms with Gasteiger partial charge in [-0.1, -0.05) is 0 Å². The fourth-order valence-corrected chi connectivity index (χ4v) is 3.70. The van der Waals surface area contributed by atoms with Gasteiger partial charge in [0.1, 0.15) is 35.9 Å². The van der Waals surface area contributed by atoms with Crippen LogP contribution >= 0.6 is 15.9 Å². The number of hydrazone groups is 1. The van der Waals surface area contributed by atoms with E-state index in [9.17, 15) is 9.59 Å². The number of benzene rings is 1. The lowest BCUT2D eigenvalue weighted by Gasteiger charge is -2.40. The second-order valence-corrected chi connectivity index (χ2v) is 9.07. The molecule has 1 saturated heterocycles. The first kappa shape index (κ1) is 19.8. The standard InChI is InChI=1S/C19H23BrN4O5/c1-10-17(25)22-21-16-9-27-15-5-12(20)14(6-13(15)24(10)16)28-11-7-23(8-11)18(26)29-19(2,3)4/h5-6,10-11H,7-9H2,1-4H3,(H,22,25). The normalized spacial score (nSPS) is 21.2. The van der Waals surface area contributed by atoms with Crippen LogP contribution in [0.5, 0.6) is 11.5 Å². The Labute approximate surface area is 177 Å². The average molecular weight is 467 g/mol. The second-order valence-electron chi connectivity index (χ2n) is 8.21. The van der Waals surface area contributed by atoms with Crippen molar-refractivity contribution in [3.05, 3.63) is 16.6 Å². The van der Waals surface area contributed by atoms with Gasteiger partial charge in [-0.05, 0) is 43.6 Å². The van der Waals surface area contributed by atoms with Gasteiger partial charge in [-0.2, -0.15) is 5.10 Å². The number of fused-ring (bicyclic) bond motifs is 3. The number of amidine groups is 1. The Morgan fingerprint density at radius 2 is 2.07 bits per heavy atom. The Morgan fingerprint density at radius 3 is 2.76 bits per heavy atom. The lowest BCUT2D eigenvalue weighted by atomic mass is 10.1. The molecule has 1 N–H and O–H groups in total. The molecule has 4 rings (SSSR count). The van der Waals surface area contributed by atoms with Gasteiger partial charge in [-0.15, -0.1) is 0 Å². The van der Waals surface area contributed by atoms with Crippen molar-refractivity contribution >= 4 is 39.5 Å². The van der Waals surface area contributed by atoms with Crippen LogP contribution in [0.25, 0.3) is 0 Å². The van der Waals surface area contributed by atoms with Gasteiger partial charge >= 0.3 is 6.09 Å². The summed E-state index contributed by atoms with van der Waals surface area (Å²) >= 11 is 3.52. The summed E-state index contributed by atoms with van der Waals surface area (Å²) < 4.78 is 18.0. The molecule has 3 aliphatic heterocycles. The zero-order chi connectivity index (χ0) is 20.9. The molecule has 3 aliphatic rings. The molecule has 156 valence electrons. The van der Waals surface area contributed by atoms with E-state index in [1.165, 1.54) is 0 Å². The summed E-state index contributed by atoms with van der Waals surface area (Å²) in [6.07, 6.45) is -0.485. The summed E-state index contributed by atoms with van der Waals surface area (Å²) in [6.45, 7) is 8.50. The number of ether oxygens (including phenoxy) is 3. The number of likely N-dealkylation sites (tertiary alicyclic amines) is 1. The second kappa shape index (κ2) is 7.08. The predicted octanol–water partition coefficient (Wildman–Crippen LogP) is 2.48. The molecule has 9 nitrogen and oxygen atoms in total. The molecule has 10 heteroatoms. The highest BCUT2D eigenvalue weighted by molar-refractivity contribution is 9.10. The third-order valence-electron chi connectivity index (χ3n) is 4.76. The number of hydrogen-bond donors (Lipinski definition) is 1. The van der Waals surface area contributed by atoms with Crippen LogP contribution in [0.3, 0.4) is 0 Å². The first-order valence-electron chi connectivity index (χ1n) is 9.39. The SMILES string of the molecule is CC1C(=O)NN=C2COc3cc(Br)c(OC4CN(C(=O)OC(C)(C)C)C4)cc3N21. The molecule has 0 saturated carbocycles. The summed E-state index contributed by atoms with van der Waals surface area (Å²) in [6, 6.07) is 3.25. The van der Waals surface area contributed by atoms with Crippen molar-refractivity contribution in [1.82, 2.24) is 10.3 Å². The lowest BCUT2D eigenvalue weighted by Crippen LogP contribution is -2.57. The van der Waals surface area contributed by atoms with Crippen LogP contribution in [0.4, 0.5) is 10.5 Å². The molecule has 1 atom stereocenters. The number of rotatable bonds is 2. The summed E-state index contributed by atoms with van der Waals surface area (Å²) in [7, 11) is 0. The number of anilines is 1. The van der Waals surface area contributed by atoms with Crippen molar-refractivity contribution in [3.8, 4) is 11.5 Å². The quantitative estimate of drug-likeness (QED) is 0.719. The van der Waals surface area contributed by atoms with Crippen LogP contribution in [0.15, 0.2) is 21.7 Å². The third kappa shape index (κ3) is 3.85. The number of carbonyl (C=O) groups is 2. The van der Waals surface area contributed by atoms with E-state index in [0.29, 0.717) is 30.4 Å². The van der Waals surface area contributed by atoms with Gasteiger partial charge in [0.15, 0.2) is 5.84 Å². The van der Waals surface area contributed by atoms with E-state index in [2.05, 4.69) is 26.5 Å². The van der Waals surface area contributed by atoms with Crippen LogP contribution in [-0.4, -0.2) is 60.2 Å². The predicted molar refractivity (Wildman–Crippen MR) is 109 cm³/mol. The molecule has 2 amide bonds. The smallest absolute Gasteiger partial charge is 0.410 e. The summed E-state index contributed by atoms with van der Waals surface area (Å²) in [5.41, 5.74) is 2.70. The molecule has 29 heavy (non-hydrogen) atoms.